The maximum Gasteiger partial charge on any atom is -0.00183 e. The zero-order chi connectivity index (χ0) is 10.3. The molecule has 2 aliphatic rings. The molecular weight excluding hydrogens is 184 g/mol. The molecule has 88 valence electrons. The minimum absolute atomic E-state index is 0.968. The molecule has 2 aliphatic heterocycles. The van der Waals surface area contributed by atoms with Crippen LogP contribution in [0.3, 0.4) is 0 Å². The third-order valence-electron chi connectivity index (χ3n) is 3.93. The zero-order valence-electron chi connectivity index (χ0n) is 10.0. The molecule has 0 saturated carbocycles. The third-order valence-corrected chi connectivity index (χ3v) is 3.93. The van der Waals surface area contributed by atoms with E-state index in [1.165, 1.54) is 77.7 Å². The van der Waals surface area contributed by atoms with E-state index in [2.05, 4.69) is 10.2 Å². The van der Waals surface area contributed by atoms with Crippen molar-refractivity contribution in [1.29, 1.82) is 0 Å². The van der Waals surface area contributed by atoms with Gasteiger partial charge in [0.2, 0.25) is 0 Å². The van der Waals surface area contributed by atoms with Gasteiger partial charge in [-0.15, -0.1) is 0 Å². The molecule has 2 saturated heterocycles. The minimum atomic E-state index is 0.968. The van der Waals surface area contributed by atoms with Crippen molar-refractivity contribution in [1.82, 2.24) is 10.2 Å². The van der Waals surface area contributed by atoms with Gasteiger partial charge in [0, 0.05) is 0 Å². The molecule has 1 atom stereocenters. The highest BCUT2D eigenvalue weighted by atomic mass is 15.1. The van der Waals surface area contributed by atoms with Crippen LogP contribution >= 0.6 is 0 Å². The molecule has 0 aliphatic carbocycles. The van der Waals surface area contributed by atoms with E-state index >= 15 is 0 Å². The predicted molar refractivity (Wildman–Crippen MR) is 65.1 cm³/mol. The summed E-state index contributed by atoms with van der Waals surface area (Å²) in [7, 11) is 0. The van der Waals surface area contributed by atoms with Gasteiger partial charge in [0.15, 0.2) is 0 Å². The summed E-state index contributed by atoms with van der Waals surface area (Å²) in [6, 6.07) is 0. The summed E-state index contributed by atoms with van der Waals surface area (Å²) in [5, 5.41) is 3.56. The molecule has 2 heterocycles. The Kier molecular flexibility index (Phi) is 4.94. The average molecular weight is 210 g/mol. The van der Waals surface area contributed by atoms with Gasteiger partial charge in [-0.1, -0.05) is 6.42 Å². The van der Waals surface area contributed by atoms with Crippen molar-refractivity contribution in [3.63, 3.8) is 0 Å². The Morgan fingerprint density at radius 1 is 1.07 bits per heavy atom. The molecule has 0 amide bonds. The van der Waals surface area contributed by atoms with Crippen LogP contribution in [0.4, 0.5) is 0 Å². The molecule has 2 heteroatoms. The molecular formula is C13H26N2. The Morgan fingerprint density at radius 2 is 1.93 bits per heavy atom. The summed E-state index contributed by atoms with van der Waals surface area (Å²) < 4.78 is 0. The number of hydrogen-bond acceptors (Lipinski definition) is 2. The van der Waals surface area contributed by atoms with Crippen LogP contribution < -0.4 is 5.32 Å². The Hall–Kier alpha value is -0.0800. The van der Waals surface area contributed by atoms with E-state index in [1.54, 1.807) is 0 Å². The lowest BCUT2D eigenvalue weighted by Gasteiger charge is -2.17. The first kappa shape index (κ1) is 11.4. The van der Waals surface area contributed by atoms with Crippen molar-refractivity contribution in [2.24, 2.45) is 5.92 Å². The number of likely N-dealkylation sites (tertiary alicyclic amines) is 1. The van der Waals surface area contributed by atoms with Crippen LogP contribution in [-0.4, -0.2) is 37.6 Å². The summed E-state index contributed by atoms with van der Waals surface area (Å²) in [5.74, 6) is 0.968. The summed E-state index contributed by atoms with van der Waals surface area (Å²) in [5.41, 5.74) is 0. The van der Waals surface area contributed by atoms with Crippen LogP contribution in [-0.2, 0) is 0 Å². The second-order valence-corrected chi connectivity index (χ2v) is 5.26. The third kappa shape index (κ3) is 4.12. The molecule has 0 radical (unpaired) electrons. The second kappa shape index (κ2) is 6.49. The number of hydrogen-bond donors (Lipinski definition) is 1. The number of nitrogens with zero attached hydrogens (tertiary/aromatic N) is 1. The summed E-state index contributed by atoms with van der Waals surface area (Å²) in [6.45, 7) is 6.62. The second-order valence-electron chi connectivity index (χ2n) is 5.26. The predicted octanol–water partition coefficient (Wildman–Crippen LogP) is 2.25. The molecule has 2 fully saturated rings. The monoisotopic (exact) mass is 210 g/mol. The summed E-state index contributed by atoms with van der Waals surface area (Å²) in [4.78, 5) is 2.64. The molecule has 0 bridgehead atoms. The molecule has 0 aromatic rings. The standard InChI is InChI=1S/C13H26N2/c1-2-8-14-12-13(6-1)7-5-11-15-9-3-4-10-15/h13-14H,1-12H2. The van der Waals surface area contributed by atoms with Gasteiger partial charge in [0.1, 0.15) is 0 Å². The lowest BCUT2D eigenvalue weighted by Crippen LogP contribution is -2.23. The van der Waals surface area contributed by atoms with E-state index in [9.17, 15) is 0 Å². The van der Waals surface area contributed by atoms with Crippen molar-refractivity contribution >= 4 is 0 Å². The molecule has 15 heavy (non-hydrogen) atoms. The van der Waals surface area contributed by atoms with Crippen LogP contribution in [0.15, 0.2) is 0 Å². The van der Waals surface area contributed by atoms with E-state index in [-0.39, 0.29) is 0 Å². The highest BCUT2D eigenvalue weighted by molar-refractivity contribution is 4.70. The molecule has 1 N–H and O–H groups in total. The first-order valence-corrected chi connectivity index (χ1v) is 6.88. The van der Waals surface area contributed by atoms with E-state index in [1.807, 2.05) is 0 Å². The zero-order valence-corrected chi connectivity index (χ0v) is 10.0. The van der Waals surface area contributed by atoms with Gasteiger partial charge in [0.25, 0.3) is 0 Å². The lowest BCUT2D eigenvalue weighted by molar-refractivity contribution is 0.310. The largest absolute Gasteiger partial charge is 0.316 e. The van der Waals surface area contributed by atoms with Crippen LogP contribution in [0.1, 0.15) is 44.9 Å². The highest BCUT2D eigenvalue weighted by Gasteiger charge is 2.14. The highest BCUT2D eigenvalue weighted by Crippen LogP contribution is 2.17. The van der Waals surface area contributed by atoms with Gasteiger partial charge in [-0.2, -0.15) is 0 Å². The quantitative estimate of drug-likeness (QED) is 0.765. The first-order chi connectivity index (χ1) is 7.45. The van der Waals surface area contributed by atoms with Gasteiger partial charge < -0.3 is 10.2 Å². The maximum atomic E-state index is 3.56. The van der Waals surface area contributed by atoms with E-state index < -0.39 is 0 Å². The topological polar surface area (TPSA) is 15.3 Å². The molecule has 1 unspecified atom stereocenters. The van der Waals surface area contributed by atoms with Crippen molar-refractivity contribution in [2.75, 3.05) is 32.7 Å². The van der Waals surface area contributed by atoms with Crippen molar-refractivity contribution in [3.05, 3.63) is 0 Å². The van der Waals surface area contributed by atoms with E-state index in [0.717, 1.165) is 5.92 Å². The van der Waals surface area contributed by atoms with Gasteiger partial charge >= 0.3 is 0 Å². The first-order valence-electron chi connectivity index (χ1n) is 6.88. The fourth-order valence-corrected chi connectivity index (χ4v) is 2.95. The number of rotatable bonds is 4. The Morgan fingerprint density at radius 3 is 2.80 bits per heavy atom. The average Bonchev–Trinajstić information content (AvgIpc) is 2.62. The normalized spacial score (nSPS) is 29.2. The Bertz CT molecular complexity index is 156. The summed E-state index contributed by atoms with van der Waals surface area (Å²) >= 11 is 0. The fourth-order valence-electron chi connectivity index (χ4n) is 2.95. The van der Waals surface area contributed by atoms with Gasteiger partial charge in [-0.05, 0) is 77.2 Å². The SMILES string of the molecule is C1CCC(CCCN2CCCC2)CNC1. The number of nitrogens with one attached hydrogen (secondary N) is 1. The maximum absolute atomic E-state index is 3.56. The minimum Gasteiger partial charge on any atom is -0.316 e. The van der Waals surface area contributed by atoms with Crippen LogP contribution in [0, 0.1) is 5.92 Å². The Labute approximate surface area is 94.4 Å². The van der Waals surface area contributed by atoms with Crippen molar-refractivity contribution in [3.8, 4) is 0 Å². The van der Waals surface area contributed by atoms with E-state index in [4.69, 9.17) is 0 Å². The molecule has 2 nitrogen and oxygen atoms in total. The molecule has 2 rings (SSSR count). The van der Waals surface area contributed by atoms with Gasteiger partial charge in [0.05, 0.1) is 0 Å². The molecule has 0 spiro atoms. The molecule has 0 aromatic carbocycles. The Balaban J connectivity index is 1.55. The lowest BCUT2D eigenvalue weighted by atomic mass is 9.98. The van der Waals surface area contributed by atoms with E-state index in [0.29, 0.717) is 0 Å². The van der Waals surface area contributed by atoms with Gasteiger partial charge in [-0.25, -0.2) is 0 Å². The van der Waals surface area contributed by atoms with Gasteiger partial charge in [-0.3, -0.25) is 0 Å². The van der Waals surface area contributed by atoms with Crippen molar-refractivity contribution in [2.45, 2.75) is 44.9 Å². The smallest absolute Gasteiger partial charge is 0.00183 e. The van der Waals surface area contributed by atoms with Crippen LogP contribution in [0.25, 0.3) is 0 Å². The molecule has 0 aromatic heterocycles. The summed E-state index contributed by atoms with van der Waals surface area (Å²) in [6.07, 6.45) is 10.0. The van der Waals surface area contributed by atoms with Crippen LogP contribution in [0.2, 0.25) is 0 Å². The fraction of sp³-hybridized carbons (Fsp3) is 1.00. The van der Waals surface area contributed by atoms with Crippen molar-refractivity contribution < 1.29 is 0 Å². The van der Waals surface area contributed by atoms with Crippen LogP contribution in [0.5, 0.6) is 0 Å².